The van der Waals surface area contributed by atoms with E-state index >= 15 is 0 Å². The summed E-state index contributed by atoms with van der Waals surface area (Å²) in [6.07, 6.45) is 0. The summed E-state index contributed by atoms with van der Waals surface area (Å²) >= 11 is 0. The molecule has 0 radical (unpaired) electrons. The fraction of sp³-hybridized carbons (Fsp3) is 0. The number of hydrogen-bond donors (Lipinski definition) is 0. The van der Waals surface area contributed by atoms with E-state index in [0.717, 1.165) is 43.1 Å². The molecule has 0 aliphatic carbocycles. The molecule has 0 bridgehead atoms. The van der Waals surface area contributed by atoms with Crippen LogP contribution >= 0.6 is 0 Å². The minimum Gasteiger partial charge on any atom is -0.223 e. The molecule has 42 heavy (non-hydrogen) atoms. The maximum absolute atomic E-state index is 9.49. The van der Waals surface area contributed by atoms with E-state index in [-0.39, 0.29) is 45.4 Å². The zero-order chi connectivity index (χ0) is 28.3. The van der Waals surface area contributed by atoms with Crippen LogP contribution in [-0.2, 0) is 0 Å². The van der Waals surface area contributed by atoms with Gasteiger partial charge in [0, 0.05) is 32.3 Å². The van der Waals surface area contributed by atoms with Gasteiger partial charge in [-0.2, -0.15) is 21.0 Å². The summed E-state index contributed by atoms with van der Waals surface area (Å²) in [5, 5.41) is 44.9. The number of hydrogen-bond acceptors (Lipinski definition) is 12. The van der Waals surface area contributed by atoms with E-state index in [0.29, 0.717) is 22.1 Å². The van der Waals surface area contributed by atoms with Gasteiger partial charge < -0.3 is 0 Å². The zero-order valence-corrected chi connectivity index (χ0v) is 20.8. The fourth-order valence-corrected chi connectivity index (χ4v) is 6.02. The van der Waals surface area contributed by atoms with Gasteiger partial charge in [0.1, 0.15) is 35.3 Å². The lowest BCUT2D eigenvalue weighted by atomic mass is 9.96. The highest BCUT2D eigenvalue weighted by Crippen LogP contribution is 2.48. The Balaban J connectivity index is 1.53. The maximum Gasteiger partial charge on any atom is 0.199 e. The van der Waals surface area contributed by atoms with Crippen LogP contribution in [0, 0.1) is 45.3 Å². The van der Waals surface area contributed by atoms with Crippen molar-refractivity contribution in [3.8, 4) is 24.3 Å². The van der Waals surface area contributed by atoms with Crippen LogP contribution < -0.4 is 0 Å². The summed E-state index contributed by atoms with van der Waals surface area (Å²) in [4.78, 5) is 36.3. The molecule has 0 saturated heterocycles. The van der Waals surface area contributed by atoms with Crippen molar-refractivity contribution in [3.05, 3.63) is 59.2 Å². The molecule has 0 N–H and O–H groups in total. The van der Waals surface area contributed by atoms with Gasteiger partial charge in [0.05, 0.1) is 11.0 Å². The standard InChI is InChI=1S/C30H6N12/c31-7-15-17(9-33)37-29-27(35-15)39-23-13-5-1-3-11-19(13)22(26(23)42-29)12-4-2-6-14-20(12)21(11)25-24(14)40-28-30(41-25)38-18(10-34)16(8-32)36-28/h1-6H. The van der Waals surface area contributed by atoms with Gasteiger partial charge in [0.2, 0.25) is 0 Å². The molecule has 5 aromatic carbocycles. The van der Waals surface area contributed by atoms with Crippen molar-refractivity contribution in [3.63, 3.8) is 0 Å². The van der Waals surface area contributed by atoms with Crippen molar-refractivity contribution in [1.29, 1.82) is 21.0 Å². The molecule has 0 atom stereocenters. The predicted octanol–water partition coefficient (Wildman–Crippen LogP) is 4.43. The normalized spacial score (nSPS) is 11.7. The molecule has 0 unspecified atom stereocenters. The number of rotatable bonds is 0. The molecule has 0 spiro atoms. The van der Waals surface area contributed by atoms with Crippen LogP contribution in [0.5, 0.6) is 0 Å². The third-order valence-corrected chi connectivity index (χ3v) is 7.61. The summed E-state index contributed by atoms with van der Waals surface area (Å²) in [5.41, 5.74) is 2.68. The third-order valence-electron chi connectivity index (χ3n) is 7.61. The second-order valence-corrected chi connectivity index (χ2v) is 9.63. The first-order valence-electron chi connectivity index (χ1n) is 12.5. The Morgan fingerprint density at radius 1 is 0.357 bits per heavy atom. The molecule has 0 aliphatic rings. The first-order chi connectivity index (χ1) is 20.6. The Morgan fingerprint density at radius 2 is 0.667 bits per heavy atom. The monoisotopic (exact) mass is 534 g/mol. The SMILES string of the molecule is N#Cc1nc2nc3c4cccc5c4c(c4cccc6c7nc8nc(C#N)c(C#N)nc8nc7c5c64)c3nc2nc1C#N. The van der Waals surface area contributed by atoms with Gasteiger partial charge in [-0.15, -0.1) is 0 Å². The number of nitrogens with zero attached hydrogens (tertiary/aromatic N) is 12. The average Bonchev–Trinajstić information content (AvgIpc) is 3.53. The highest BCUT2D eigenvalue weighted by molar-refractivity contribution is 6.46. The van der Waals surface area contributed by atoms with E-state index in [2.05, 4.69) is 19.9 Å². The molecule has 186 valence electrons. The molecular weight excluding hydrogens is 528 g/mol. The largest absolute Gasteiger partial charge is 0.223 e. The molecule has 9 rings (SSSR count). The molecule has 12 heteroatoms. The van der Waals surface area contributed by atoms with Crippen molar-refractivity contribution < 1.29 is 0 Å². The van der Waals surface area contributed by atoms with E-state index in [9.17, 15) is 21.0 Å². The lowest BCUT2D eigenvalue weighted by Crippen LogP contribution is -1.99. The molecule has 4 heterocycles. The second-order valence-electron chi connectivity index (χ2n) is 9.63. The lowest BCUT2D eigenvalue weighted by Gasteiger charge is -2.06. The summed E-state index contributed by atoms with van der Waals surface area (Å²) in [6, 6.07) is 19.4. The van der Waals surface area contributed by atoms with Crippen molar-refractivity contribution in [2.24, 2.45) is 0 Å². The van der Waals surface area contributed by atoms with Crippen LogP contribution in [0.3, 0.4) is 0 Å². The first-order valence-corrected chi connectivity index (χ1v) is 12.5. The summed E-state index contributed by atoms with van der Waals surface area (Å²) in [7, 11) is 0. The summed E-state index contributed by atoms with van der Waals surface area (Å²) in [6.45, 7) is 0. The van der Waals surface area contributed by atoms with Crippen LogP contribution in [-0.4, -0.2) is 39.9 Å². The topological polar surface area (TPSA) is 198 Å². The van der Waals surface area contributed by atoms with Crippen LogP contribution in [0.25, 0.3) is 87.7 Å². The van der Waals surface area contributed by atoms with E-state index in [1.165, 1.54) is 0 Å². The van der Waals surface area contributed by atoms with Crippen molar-refractivity contribution in [2.45, 2.75) is 0 Å². The smallest absolute Gasteiger partial charge is 0.199 e. The van der Waals surface area contributed by atoms with Gasteiger partial charge in [-0.3, -0.25) is 0 Å². The Labute approximate surface area is 232 Å². The molecule has 0 fully saturated rings. The number of fused-ring (bicyclic) bond motifs is 10. The molecule has 0 amide bonds. The highest BCUT2D eigenvalue weighted by Gasteiger charge is 2.25. The molecule has 12 nitrogen and oxygen atoms in total. The minimum absolute atomic E-state index is 0.105. The van der Waals surface area contributed by atoms with Crippen molar-refractivity contribution in [1.82, 2.24) is 39.9 Å². The van der Waals surface area contributed by atoms with Gasteiger partial charge in [0.15, 0.2) is 45.4 Å². The second kappa shape index (κ2) is 7.34. The van der Waals surface area contributed by atoms with Gasteiger partial charge in [-0.25, -0.2) is 39.9 Å². The maximum atomic E-state index is 9.49. The Kier molecular flexibility index (Phi) is 3.82. The van der Waals surface area contributed by atoms with Gasteiger partial charge >= 0.3 is 0 Å². The molecular formula is C30H6N12. The number of benzene rings is 3. The van der Waals surface area contributed by atoms with Crippen LogP contribution in [0.2, 0.25) is 0 Å². The van der Waals surface area contributed by atoms with Gasteiger partial charge in [0.25, 0.3) is 0 Å². The molecule has 4 aromatic heterocycles. The van der Waals surface area contributed by atoms with Gasteiger partial charge in [-0.1, -0.05) is 36.4 Å². The quantitative estimate of drug-likeness (QED) is 0.248. The van der Waals surface area contributed by atoms with E-state index < -0.39 is 0 Å². The lowest BCUT2D eigenvalue weighted by molar-refractivity contribution is 1.14. The van der Waals surface area contributed by atoms with Crippen LogP contribution in [0.15, 0.2) is 36.4 Å². The predicted molar refractivity (Wildman–Crippen MR) is 150 cm³/mol. The molecule has 9 aromatic rings. The van der Waals surface area contributed by atoms with Crippen LogP contribution in [0.4, 0.5) is 0 Å². The third kappa shape index (κ3) is 2.46. The summed E-state index contributed by atoms with van der Waals surface area (Å²) in [5.74, 6) is 0. The fourth-order valence-electron chi connectivity index (χ4n) is 6.02. The number of nitriles is 4. The zero-order valence-electron chi connectivity index (χ0n) is 20.8. The van der Waals surface area contributed by atoms with Gasteiger partial charge in [-0.05, 0) is 10.8 Å². The molecule has 0 aliphatic heterocycles. The Morgan fingerprint density at radius 3 is 1.00 bits per heavy atom. The van der Waals surface area contributed by atoms with Crippen LogP contribution in [0.1, 0.15) is 22.8 Å². The average molecular weight is 534 g/mol. The van der Waals surface area contributed by atoms with Crippen molar-refractivity contribution >= 4 is 87.7 Å². The Bertz CT molecular complexity index is 2700. The highest BCUT2D eigenvalue weighted by atomic mass is 15.0. The van der Waals surface area contributed by atoms with Crippen molar-refractivity contribution in [2.75, 3.05) is 0 Å². The van der Waals surface area contributed by atoms with E-state index in [1.807, 2.05) is 60.7 Å². The Hall–Kier alpha value is -7.02. The molecule has 0 saturated carbocycles. The number of aromatic nitrogens is 8. The van der Waals surface area contributed by atoms with E-state index in [4.69, 9.17) is 19.9 Å². The minimum atomic E-state index is -0.110. The van der Waals surface area contributed by atoms with E-state index in [1.54, 1.807) is 0 Å². The summed E-state index contributed by atoms with van der Waals surface area (Å²) < 4.78 is 0. The first kappa shape index (κ1) is 21.9.